The fourth-order valence-electron chi connectivity index (χ4n) is 8.89. The molecule has 72 heavy (non-hydrogen) atoms. The predicted octanol–water partition coefficient (Wildman–Crippen LogP) is 12.7. The quantitative estimate of drug-likeness (QED) is 0.124. The normalized spacial score (nSPS) is 15.5. The molecule has 2 fully saturated rings. The van der Waals surface area contributed by atoms with Crippen LogP contribution in [0.25, 0.3) is 5.57 Å². The molecule has 7 aromatic rings. The lowest BCUT2D eigenvalue weighted by Crippen LogP contribution is -2.27. The Kier molecular flexibility index (Phi) is 16.2. The van der Waals surface area contributed by atoms with Crippen LogP contribution in [0.5, 0.6) is 0 Å². The highest BCUT2D eigenvalue weighted by atomic mass is 79.9. The Morgan fingerprint density at radius 2 is 0.986 bits per heavy atom. The summed E-state index contributed by atoms with van der Waals surface area (Å²) in [5.41, 5.74) is 10.1. The highest BCUT2D eigenvalue weighted by molar-refractivity contribution is 9.10. The van der Waals surface area contributed by atoms with Crippen molar-refractivity contribution in [2.24, 2.45) is 4.99 Å². The first kappa shape index (κ1) is 51.8. The zero-order chi connectivity index (χ0) is 50.5. The van der Waals surface area contributed by atoms with Gasteiger partial charge in [-0.15, -0.1) is 0 Å². The maximum atomic E-state index is 12.7. The summed E-state index contributed by atoms with van der Waals surface area (Å²) in [6.45, 7) is 8.76. The third kappa shape index (κ3) is 12.1. The molecule has 11 rings (SSSR count). The van der Waals surface area contributed by atoms with Crippen molar-refractivity contribution >= 4 is 81.1 Å². The van der Waals surface area contributed by atoms with E-state index in [1.54, 1.807) is 87.3 Å². The number of aliphatic imine (C=N–C) groups is 1. The second-order valence-electron chi connectivity index (χ2n) is 18.0. The summed E-state index contributed by atoms with van der Waals surface area (Å²) in [5.74, 6) is -0.245. The van der Waals surface area contributed by atoms with Crippen molar-refractivity contribution < 1.29 is 25.3 Å². The van der Waals surface area contributed by atoms with Crippen LogP contribution in [0.3, 0.4) is 0 Å². The number of sulfone groups is 1. The van der Waals surface area contributed by atoms with E-state index < -0.39 is 29.9 Å². The average Bonchev–Trinajstić information content (AvgIpc) is 4.16. The lowest BCUT2D eigenvalue weighted by Gasteiger charge is -2.20. The molecule has 0 radical (unpaired) electrons. The van der Waals surface area contributed by atoms with Crippen LogP contribution in [-0.2, 0) is 42.7 Å². The summed E-state index contributed by atoms with van der Waals surface area (Å²) in [5, 5.41) is 0. The molecule has 4 aliphatic rings. The van der Waals surface area contributed by atoms with Gasteiger partial charge in [-0.1, -0.05) is 124 Å². The summed E-state index contributed by atoms with van der Waals surface area (Å²) in [4.78, 5) is 10.4. The summed E-state index contributed by atoms with van der Waals surface area (Å²) in [7, 11) is -10.0. The van der Waals surface area contributed by atoms with Gasteiger partial charge in [0, 0.05) is 56.4 Å². The third-order valence-electron chi connectivity index (χ3n) is 12.9. The molecular formula is C57H54BrN3O6S5. The van der Waals surface area contributed by atoms with Gasteiger partial charge in [-0.25, -0.2) is 25.3 Å². The SMILES string of the molecule is C=C(c1ccc(S(=O)(=O)N2CCCC2)cc1)c1ccc2c(c1)Cc1ccccc1S2.Cc1ccc(S(=O)(=O)CN=Cc2ccc3c(c2)Cc2ccccc2S3)cc1.O=S(=O)(c1ccc(Br)cc1)N1CCCC1. The summed E-state index contributed by atoms with van der Waals surface area (Å²) in [6.07, 6.45) is 7.28. The van der Waals surface area contributed by atoms with Crippen LogP contribution in [-0.4, -0.2) is 72.1 Å². The molecule has 0 amide bonds. The number of halogens is 1. The Bertz CT molecular complexity index is 3480. The van der Waals surface area contributed by atoms with Crippen LogP contribution in [0.4, 0.5) is 0 Å². The number of aryl methyl sites for hydroxylation is 1. The van der Waals surface area contributed by atoms with E-state index in [9.17, 15) is 25.3 Å². The molecule has 15 heteroatoms. The summed E-state index contributed by atoms with van der Waals surface area (Å²) >= 11 is 6.88. The zero-order valence-electron chi connectivity index (χ0n) is 39.8. The molecule has 4 aliphatic heterocycles. The standard InChI is InChI=1S/C25H23NO2S2.C22H19NO2S2.C10H12BrNO2S/c1-18(19-8-11-23(12-9-19)30(27,28)26-14-4-5-15-26)20-10-13-25-22(16-20)17-21-6-2-3-7-24(21)29-25;1-16-6-9-20(10-7-16)27(24,25)15-23-14-17-8-11-22-19(12-17)13-18-4-2-3-5-21(18)26-22;11-9-3-5-10(6-4-9)15(13,14)12-7-1-2-8-12/h2-3,6-13,16H,1,4-5,14-15,17H2;2-12,14H,13,15H2,1H3;3-6H,1-2,7-8H2. The van der Waals surface area contributed by atoms with Gasteiger partial charge in [-0.05, 0) is 175 Å². The molecule has 7 aromatic carbocycles. The van der Waals surface area contributed by atoms with E-state index in [1.165, 1.54) is 41.8 Å². The van der Waals surface area contributed by atoms with E-state index in [1.807, 2.05) is 36.9 Å². The first-order chi connectivity index (χ1) is 34.6. The van der Waals surface area contributed by atoms with Gasteiger partial charge >= 0.3 is 0 Å². The van der Waals surface area contributed by atoms with Crippen LogP contribution >= 0.6 is 39.5 Å². The minimum atomic E-state index is -3.41. The molecule has 370 valence electrons. The number of sulfonamides is 2. The number of fused-ring (bicyclic) bond motifs is 4. The summed E-state index contributed by atoms with van der Waals surface area (Å²) < 4.78 is 78.4. The van der Waals surface area contributed by atoms with Gasteiger partial charge in [0.25, 0.3) is 0 Å². The first-order valence-electron chi connectivity index (χ1n) is 23.8. The van der Waals surface area contributed by atoms with Crippen molar-refractivity contribution in [1.29, 1.82) is 0 Å². The van der Waals surface area contributed by atoms with E-state index in [-0.39, 0.29) is 5.88 Å². The molecule has 0 saturated carbocycles. The molecular weight excluding hydrogens is 1060 g/mol. The monoisotopic (exact) mass is 1120 g/mol. The lowest BCUT2D eigenvalue weighted by molar-refractivity contribution is 0.476. The molecule has 0 spiro atoms. The molecule has 0 unspecified atom stereocenters. The van der Waals surface area contributed by atoms with Crippen molar-refractivity contribution in [2.75, 3.05) is 32.1 Å². The largest absolute Gasteiger partial charge is 0.276 e. The number of hydrogen-bond donors (Lipinski definition) is 0. The van der Waals surface area contributed by atoms with Crippen LogP contribution in [0.2, 0.25) is 0 Å². The van der Waals surface area contributed by atoms with E-state index >= 15 is 0 Å². The van der Waals surface area contributed by atoms with Gasteiger partial charge in [0.15, 0.2) is 9.84 Å². The predicted molar refractivity (Wildman–Crippen MR) is 295 cm³/mol. The Balaban J connectivity index is 0.000000141. The smallest absolute Gasteiger partial charge is 0.243 e. The maximum absolute atomic E-state index is 12.7. The first-order valence-corrected chi connectivity index (χ1v) is 30.7. The number of nitrogens with zero attached hydrogens (tertiary/aromatic N) is 3. The van der Waals surface area contributed by atoms with Crippen molar-refractivity contribution in [3.63, 3.8) is 0 Å². The third-order valence-corrected chi connectivity index (χ3v) is 21.2. The van der Waals surface area contributed by atoms with Gasteiger partial charge in [0.1, 0.15) is 5.88 Å². The summed E-state index contributed by atoms with van der Waals surface area (Å²) in [6, 6.07) is 50.4. The highest BCUT2D eigenvalue weighted by Gasteiger charge is 2.28. The molecule has 0 aliphatic carbocycles. The van der Waals surface area contributed by atoms with Crippen molar-refractivity contribution in [1.82, 2.24) is 8.61 Å². The second kappa shape index (κ2) is 22.6. The van der Waals surface area contributed by atoms with Crippen molar-refractivity contribution in [3.05, 3.63) is 213 Å². The molecule has 0 N–H and O–H groups in total. The fraction of sp³-hybridized carbons (Fsp3) is 0.211. The number of benzene rings is 7. The van der Waals surface area contributed by atoms with E-state index in [4.69, 9.17) is 0 Å². The molecule has 9 nitrogen and oxygen atoms in total. The van der Waals surface area contributed by atoms with Gasteiger partial charge in [0.2, 0.25) is 20.0 Å². The maximum Gasteiger partial charge on any atom is 0.243 e. The highest BCUT2D eigenvalue weighted by Crippen LogP contribution is 2.41. The Morgan fingerprint density at radius 3 is 1.53 bits per heavy atom. The Hall–Kier alpha value is -5.10. The minimum absolute atomic E-state index is 0.245. The Morgan fingerprint density at radius 1 is 0.542 bits per heavy atom. The van der Waals surface area contributed by atoms with Crippen molar-refractivity contribution in [3.8, 4) is 0 Å². The molecule has 2 saturated heterocycles. The van der Waals surface area contributed by atoms with Gasteiger partial charge in [-0.3, -0.25) is 4.99 Å². The van der Waals surface area contributed by atoms with E-state index in [0.29, 0.717) is 40.9 Å². The van der Waals surface area contributed by atoms with Crippen LogP contribution in [0.1, 0.15) is 70.2 Å². The second-order valence-corrected chi connectivity index (χ2v) is 26.9. The van der Waals surface area contributed by atoms with Gasteiger partial charge in [0.05, 0.1) is 14.7 Å². The van der Waals surface area contributed by atoms with Crippen LogP contribution < -0.4 is 0 Å². The van der Waals surface area contributed by atoms with E-state index in [0.717, 1.165) is 70.8 Å². The van der Waals surface area contributed by atoms with Crippen molar-refractivity contribution in [2.45, 2.75) is 79.7 Å². The van der Waals surface area contributed by atoms with E-state index in [2.05, 4.69) is 106 Å². The molecule has 0 bridgehead atoms. The minimum Gasteiger partial charge on any atom is -0.276 e. The fourth-order valence-corrected chi connectivity index (χ4v) is 15.3. The average molecular weight is 1120 g/mol. The lowest BCUT2D eigenvalue weighted by atomic mass is 9.95. The topological polar surface area (TPSA) is 121 Å². The number of hydrogen-bond acceptors (Lipinski definition) is 9. The van der Waals surface area contributed by atoms with Gasteiger partial charge < -0.3 is 0 Å². The zero-order valence-corrected chi connectivity index (χ0v) is 45.5. The number of rotatable bonds is 10. The molecule has 4 heterocycles. The molecule has 0 atom stereocenters. The molecule has 0 aromatic heterocycles. The van der Waals surface area contributed by atoms with Crippen LogP contribution in [0, 0.1) is 6.92 Å². The van der Waals surface area contributed by atoms with Crippen LogP contribution in [0.15, 0.2) is 208 Å². The van der Waals surface area contributed by atoms with Gasteiger partial charge in [-0.2, -0.15) is 8.61 Å². The Labute approximate surface area is 441 Å².